The van der Waals surface area contributed by atoms with E-state index in [1.807, 2.05) is 47.7 Å². The van der Waals surface area contributed by atoms with E-state index in [-0.39, 0.29) is 0 Å². The third-order valence-electron chi connectivity index (χ3n) is 8.99. The summed E-state index contributed by atoms with van der Waals surface area (Å²) in [7, 11) is 0. The van der Waals surface area contributed by atoms with Crippen molar-refractivity contribution in [1.82, 2.24) is 15.0 Å². The van der Waals surface area contributed by atoms with E-state index in [1.165, 1.54) is 36.9 Å². The van der Waals surface area contributed by atoms with E-state index in [4.69, 9.17) is 15.0 Å². The van der Waals surface area contributed by atoms with Gasteiger partial charge >= 0.3 is 0 Å². The van der Waals surface area contributed by atoms with E-state index < -0.39 is 0 Å². The number of hydrogen-bond donors (Lipinski definition) is 0. The molecule has 0 aliphatic heterocycles. The topological polar surface area (TPSA) is 38.7 Å². The maximum atomic E-state index is 4.97. The highest BCUT2D eigenvalue weighted by atomic mass is 32.1. The molecule has 0 N–H and O–H groups in total. The number of rotatable bonds is 6. The molecule has 2 heterocycles. The van der Waals surface area contributed by atoms with Crippen LogP contribution in [0.15, 0.2) is 176 Å². The van der Waals surface area contributed by atoms with E-state index in [0.717, 1.165) is 33.4 Å². The lowest BCUT2D eigenvalue weighted by molar-refractivity contribution is 1.07. The highest BCUT2D eigenvalue weighted by molar-refractivity contribution is 7.25. The van der Waals surface area contributed by atoms with Gasteiger partial charge in [0.05, 0.1) is 0 Å². The van der Waals surface area contributed by atoms with Gasteiger partial charge in [-0.1, -0.05) is 164 Å². The number of fused-ring (bicyclic) bond motifs is 3. The molecule has 0 amide bonds. The zero-order valence-corrected chi connectivity index (χ0v) is 27.3. The highest BCUT2D eigenvalue weighted by Crippen LogP contribution is 2.40. The minimum Gasteiger partial charge on any atom is -0.208 e. The Kier molecular flexibility index (Phi) is 7.34. The first-order valence-corrected chi connectivity index (χ1v) is 17.2. The molecule has 0 fully saturated rings. The van der Waals surface area contributed by atoms with Crippen molar-refractivity contribution >= 4 is 31.5 Å². The quantitative estimate of drug-likeness (QED) is 0.181. The van der Waals surface area contributed by atoms with Crippen LogP contribution in [0, 0.1) is 0 Å². The standard InChI is InChI=1S/C45H29N3S/c1-3-10-30(11-4-1)31-20-26-36(27-21-31)44-46-43(35-12-5-2-6-13-35)47-45(48-44)37-28-22-33(23-29-37)32-18-24-34(25-19-32)38-15-9-17-41-42(38)39-14-7-8-16-40(39)49-41/h1-29H. The summed E-state index contributed by atoms with van der Waals surface area (Å²) in [5.41, 5.74) is 9.98. The Hall–Kier alpha value is -6.23. The minimum absolute atomic E-state index is 0.647. The van der Waals surface area contributed by atoms with Crippen LogP contribution >= 0.6 is 11.3 Å². The number of thiophene rings is 1. The van der Waals surface area contributed by atoms with E-state index in [0.29, 0.717) is 17.5 Å². The second kappa shape index (κ2) is 12.4. The van der Waals surface area contributed by atoms with Gasteiger partial charge in [-0.15, -0.1) is 11.3 Å². The van der Waals surface area contributed by atoms with Crippen LogP contribution in [0.25, 0.3) is 87.7 Å². The highest BCUT2D eigenvalue weighted by Gasteiger charge is 2.14. The normalized spacial score (nSPS) is 11.3. The van der Waals surface area contributed by atoms with Crippen LogP contribution in [-0.4, -0.2) is 15.0 Å². The lowest BCUT2D eigenvalue weighted by atomic mass is 9.96. The van der Waals surface area contributed by atoms with Crippen molar-refractivity contribution in [3.63, 3.8) is 0 Å². The van der Waals surface area contributed by atoms with Gasteiger partial charge in [0.2, 0.25) is 0 Å². The summed E-state index contributed by atoms with van der Waals surface area (Å²) in [4.78, 5) is 14.8. The van der Waals surface area contributed by atoms with Crippen LogP contribution < -0.4 is 0 Å². The van der Waals surface area contributed by atoms with Crippen LogP contribution in [0.2, 0.25) is 0 Å². The zero-order chi connectivity index (χ0) is 32.6. The second-order valence-corrected chi connectivity index (χ2v) is 13.1. The lowest BCUT2D eigenvalue weighted by Gasteiger charge is -2.10. The zero-order valence-electron chi connectivity index (χ0n) is 26.5. The van der Waals surface area contributed by atoms with Crippen LogP contribution in [0.3, 0.4) is 0 Å². The number of aromatic nitrogens is 3. The Morgan fingerprint density at radius 3 is 1.22 bits per heavy atom. The van der Waals surface area contributed by atoms with E-state index in [2.05, 4.69) is 140 Å². The molecule has 230 valence electrons. The Morgan fingerprint density at radius 1 is 0.286 bits per heavy atom. The summed E-state index contributed by atoms with van der Waals surface area (Å²) in [5, 5.41) is 2.65. The van der Waals surface area contributed by atoms with E-state index in [9.17, 15) is 0 Å². The predicted molar refractivity (Wildman–Crippen MR) is 205 cm³/mol. The molecule has 4 heteroatoms. The molecule has 0 atom stereocenters. The van der Waals surface area contributed by atoms with E-state index in [1.54, 1.807) is 0 Å². The summed E-state index contributed by atoms with van der Waals surface area (Å²) in [6, 6.07) is 61.6. The Morgan fingerprint density at radius 2 is 0.673 bits per heavy atom. The largest absolute Gasteiger partial charge is 0.208 e. The third kappa shape index (κ3) is 5.58. The van der Waals surface area contributed by atoms with Crippen LogP contribution in [0.1, 0.15) is 0 Å². The maximum Gasteiger partial charge on any atom is 0.164 e. The molecule has 0 bridgehead atoms. The maximum absolute atomic E-state index is 4.97. The minimum atomic E-state index is 0.647. The molecule has 2 aromatic heterocycles. The number of hydrogen-bond acceptors (Lipinski definition) is 4. The van der Waals surface area contributed by atoms with Crippen molar-refractivity contribution in [1.29, 1.82) is 0 Å². The van der Waals surface area contributed by atoms with Gasteiger partial charge in [0.15, 0.2) is 17.5 Å². The molecular formula is C45H29N3S. The molecule has 9 aromatic rings. The number of benzene rings is 7. The first-order valence-electron chi connectivity index (χ1n) is 16.4. The smallest absolute Gasteiger partial charge is 0.164 e. The van der Waals surface area contributed by atoms with Gasteiger partial charge in [-0.3, -0.25) is 0 Å². The van der Waals surface area contributed by atoms with Crippen LogP contribution in [0.5, 0.6) is 0 Å². The summed E-state index contributed by atoms with van der Waals surface area (Å²) in [6.45, 7) is 0. The van der Waals surface area contributed by atoms with Gasteiger partial charge in [0.25, 0.3) is 0 Å². The van der Waals surface area contributed by atoms with Gasteiger partial charge in [-0.25, -0.2) is 15.0 Å². The van der Waals surface area contributed by atoms with E-state index >= 15 is 0 Å². The van der Waals surface area contributed by atoms with Gasteiger partial charge in [0.1, 0.15) is 0 Å². The van der Waals surface area contributed by atoms with Crippen molar-refractivity contribution in [2.75, 3.05) is 0 Å². The van der Waals surface area contributed by atoms with Crippen LogP contribution in [0.4, 0.5) is 0 Å². The summed E-state index contributed by atoms with van der Waals surface area (Å²) < 4.78 is 2.64. The molecule has 7 aromatic carbocycles. The summed E-state index contributed by atoms with van der Waals surface area (Å²) in [5.74, 6) is 1.95. The molecule has 0 aliphatic rings. The molecule has 0 unspecified atom stereocenters. The Labute approximate surface area is 288 Å². The van der Waals surface area contributed by atoms with Crippen LogP contribution in [-0.2, 0) is 0 Å². The lowest BCUT2D eigenvalue weighted by Crippen LogP contribution is -2.00. The van der Waals surface area contributed by atoms with Gasteiger partial charge < -0.3 is 0 Å². The fourth-order valence-corrected chi connectivity index (χ4v) is 7.59. The predicted octanol–water partition coefficient (Wildman–Crippen LogP) is 12.2. The molecule has 0 saturated carbocycles. The monoisotopic (exact) mass is 643 g/mol. The van der Waals surface area contributed by atoms with Crippen molar-refractivity contribution in [2.24, 2.45) is 0 Å². The van der Waals surface area contributed by atoms with Gasteiger partial charge in [-0.2, -0.15) is 0 Å². The van der Waals surface area contributed by atoms with Crippen molar-refractivity contribution in [3.8, 4) is 67.5 Å². The number of nitrogens with zero attached hydrogens (tertiary/aromatic N) is 3. The average molecular weight is 644 g/mol. The molecule has 3 nitrogen and oxygen atoms in total. The molecule has 0 radical (unpaired) electrons. The first-order chi connectivity index (χ1) is 24.3. The molecule has 9 rings (SSSR count). The summed E-state index contributed by atoms with van der Waals surface area (Å²) >= 11 is 1.85. The van der Waals surface area contributed by atoms with Gasteiger partial charge in [-0.05, 0) is 45.5 Å². The molecular weight excluding hydrogens is 615 g/mol. The van der Waals surface area contributed by atoms with Crippen molar-refractivity contribution < 1.29 is 0 Å². The fraction of sp³-hybridized carbons (Fsp3) is 0. The first kappa shape index (κ1) is 29.0. The molecule has 0 aliphatic carbocycles. The van der Waals surface area contributed by atoms with Gasteiger partial charge in [0, 0.05) is 36.9 Å². The molecule has 49 heavy (non-hydrogen) atoms. The van der Waals surface area contributed by atoms with Crippen molar-refractivity contribution in [2.45, 2.75) is 0 Å². The fourth-order valence-electron chi connectivity index (χ4n) is 6.46. The second-order valence-electron chi connectivity index (χ2n) is 12.0. The SMILES string of the molecule is c1ccc(-c2ccc(-c3nc(-c4ccccc4)nc(-c4ccc(-c5ccc(-c6cccc7sc8ccccc8c67)cc5)cc4)n3)cc2)cc1. The molecule has 0 saturated heterocycles. The molecule has 0 spiro atoms. The Bertz CT molecular complexity index is 2560. The average Bonchev–Trinajstić information content (AvgIpc) is 3.58. The summed E-state index contributed by atoms with van der Waals surface area (Å²) in [6.07, 6.45) is 0. The third-order valence-corrected chi connectivity index (χ3v) is 10.1. The van der Waals surface area contributed by atoms with Crippen molar-refractivity contribution in [3.05, 3.63) is 176 Å². The Balaban J connectivity index is 1.04.